The number of ketones is 1. The highest BCUT2D eigenvalue weighted by Gasteiger charge is 2.67. The molecule has 1 aromatic carbocycles. The zero-order valence-corrected chi connectivity index (χ0v) is 43.9. The van der Waals surface area contributed by atoms with Crippen LogP contribution in [0.25, 0.3) is 0 Å². The summed E-state index contributed by atoms with van der Waals surface area (Å²) in [6.45, 7) is 14.8. The number of aliphatic hydroxyl groups is 2. The molecule has 3 N–H and O–H groups in total. The summed E-state index contributed by atoms with van der Waals surface area (Å²) in [6.07, 6.45) is 46.1. The minimum absolute atomic E-state index is 0.0198. The van der Waals surface area contributed by atoms with Gasteiger partial charge in [0.1, 0.15) is 17.0 Å². The summed E-state index contributed by atoms with van der Waals surface area (Å²) in [6, 6.07) is 5.87. The van der Waals surface area contributed by atoms with Crippen molar-refractivity contribution < 1.29 is 29.6 Å². The summed E-state index contributed by atoms with van der Waals surface area (Å²) < 4.78 is 5.91. The molecule has 17 unspecified atom stereocenters. The standard InChI is InChI=1S/C24H32O2.C21H28O2.C20H24O2/c1-5-23-13-11-20-19-9-7-16(3)15-18(19)8-10-21(20)22(23)12-14-24(23,6-2)26-17(4)25;1-4-21(23)12-9-18-16-6-5-14-13-15(22)7-10-19(14,2)17(16)8-11-20(18,21)3;1-3-20(22)11-9-18-17-6-4-13-12-14(21)5-7-15(13)16(17)8-10-19(18,20)2/h2,15,19-22H,3,5,7-14H2,1,4H3;1,13,16-18,23H,5-12H2,2-3H3;1,5,7,12,16-18,21-22H,4,6,8-11H2,2H3. The van der Waals surface area contributed by atoms with Crippen LogP contribution in [-0.2, 0) is 20.7 Å². The third-order valence-corrected chi connectivity index (χ3v) is 23.9. The van der Waals surface area contributed by atoms with E-state index in [0.717, 1.165) is 127 Å². The van der Waals surface area contributed by atoms with Gasteiger partial charge in [0, 0.05) is 29.6 Å². The number of aromatic hydroxyl groups is 1. The Morgan fingerprint density at radius 3 is 2.00 bits per heavy atom. The molecule has 380 valence electrons. The number of ether oxygens (including phenoxy) is 1. The van der Waals surface area contributed by atoms with E-state index in [2.05, 4.69) is 64.2 Å². The Morgan fingerprint density at radius 2 is 1.32 bits per heavy atom. The fraction of sp³-hybridized carbons (Fsp3) is 0.692. The van der Waals surface area contributed by atoms with E-state index < -0.39 is 16.8 Å². The number of terminal acetylenes is 3. The molecule has 6 heteroatoms. The second-order valence-electron chi connectivity index (χ2n) is 25.9. The van der Waals surface area contributed by atoms with Gasteiger partial charge in [0.25, 0.3) is 0 Å². The lowest BCUT2D eigenvalue weighted by Crippen LogP contribution is -2.55. The molecule has 0 bridgehead atoms. The second kappa shape index (κ2) is 18.1. The van der Waals surface area contributed by atoms with Gasteiger partial charge in [0.2, 0.25) is 0 Å². The van der Waals surface area contributed by atoms with E-state index >= 15 is 0 Å². The number of carbonyl (C=O) groups excluding carboxylic acids is 2. The predicted molar refractivity (Wildman–Crippen MR) is 281 cm³/mol. The average molecular weight is 961 g/mol. The average Bonchev–Trinajstić information content (AvgIpc) is 3.95. The Balaban J connectivity index is 0.000000123. The number of fused-ring (bicyclic) bond motifs is 15. The number of rotatable bonds is 2. The third kappa shape index (κ3) is 7.56. The molecule has 0 aromatic heterocycles. The fourth-order valence-electron chi connectivity index (χ4n) is 20.1. The van der Waals surface area contributed by atoms with Crippen LogP contribution in [0.15, 0.2) is 53.6 Å². The zero-order chi connectivity index (χ0) is 50.5. The monoisotopic (exact) mass is 961 g/mol. The number of allylic oxidation sites excluding steroid dienone is 4. The molecule has 0 radical (unpaired) electrons. The van der Waals surface area contributed by atoms with Crippen molar-refractivity contribution in [3.63, 3.8) is 0 Å². The molecule has 71 heavy (non-hydrogen) atoms. The Bertz CT molecular complexity index is 2530. The Kier molecular flexibility index (Phi) is 12.9. The summed E-state index contributed by atoms with van der Waals surface area (Å²) in [5.41, 5.74) is 4.54. The van der Waals surface area contributed by atoms with Crippen LogP contribution < -0.4 is 0 Å². The highest BCUT2D eigenvalue weighted by atomic mass is 16.6. The van der Waals surface area contributed by atoms with Crippen molar-refractivity contribution in [3.05, 3.63) is 64.8 Å². The van der Waals surface area contributed by atoms with Crippen LogP contribution in [0, 0.1) is 112 Å². The first-order valence-corrected chi connectivity index (χ1v) is 28.3. The number of phenolic OH excluding ortho intramolecular Hbond substituents is 1. The lowest BCUT2D eigenvalue weighted by molar-refractivity contribution is -0.170. The van der Waals surface area contributed by atoms with Gasteiger partial charge in [-0.3, -0.25) is 9.59 Å². The van der Waals surface area contributed by atoms with Crippen LogP contribution in [0.4, 0.5) is 0 Å². The molecule has 17 atom stereocenters. The summed E-state index contributed by atoms with van der Waals surface area (Å²) >= 11 is 0. The molecular formula is C65H84O6. The van der Waals surface area contributed by atoms with Crippen molar-refractivity contribution in [2.24, 2.45) is 74.9 Å². The predicted octanol–water partition coefficient (Wildman–Crippen LogP) is 12.9. The molecule has 0 aliphatic heterocycles. The van der Waals surface area contributed by atoms with Gasteiger partial charge in [0.15, 0.2) is 11.4 Å². The van der Waals surface area contributed by atoms with Gasteiger partial charge in [-0.25, -0.2) is 0 Å². The van der Waals surface area contributed by atoms with E-state index in [-0.39, 0.29) is 27.6 Å². The van der Waals surface area contributed by atoms with Crippen molar-refractivity contribution in [1.29, 1.82) is 0 Å². The van der Waals surface area contributed by atoms with Crippen LogP contribution in [0.1, 0.15) is 193 Å². The van der Waals surface area contributed by atoms with E-state index in [0.29, 0.717) is 59.4 Å². The number of phenols is 1. The van der Waals surface area contributed by atoms with Crippen molar-refractivity contribution in [3.8, 4) is 42.8 Å². The summed E-state index contributed by atoms with van der Waals surface area (Å²) in [4.78, 5) is 23.7. The smallest absolute Gasteiger partial charge is 0.304 e. The van der Waals surface area contributed by atoms with Gasteiger partial charge in [0.05, 0.1) is 0 Å². The molecule has 6 nitrogen and oxygen atoms in total. The van der Waals surface area contributed by atoms with Crippen LogP contribution in [0.3, 0.4) is 0 Å². The first-order valence-electron chi connectivity index (χ1n) is 28.3. The van der Waals surface area contributed by atoms with Gasteiger partial charge in [-0.05, 0) is 235 Å². The quantitative estimate of drug-likeness (QED) is 0.202. The zero-order valence-electron chi connectivity index (χ0n) is 43.9. The number of esters is 1. The molecule has 0 saturated heterocycles. The summed E-state index contributed by atoms with van der Waals surface area (Å²) in [7, 11) is 0. The molecule has 1 aromatic rings. The maximum atomic E-state index is 11.9. The molecule has 12 rings (SSSR count). The van der Waals surface area contributed by atoms with Gasteiger partial charge >= 0.3 is 5.97 Å². The highest BCUT2D eigenvalue weighted by molar-refractivity contribution is 5.91. The topological polar surface area (TPSA) is 104 Å². The number of hydrogen-bond donors (Lipinski definition) is 3. The van der Waals surface area contributed by atoms with Crippen molar-refractivity contribution in [2.45, 2.75) is 205 Å². The lowest BCUT2D eigenvalue weighted by Gasteiger charge is -2.58. The summed E-state index contributed by atoms with van der Waals surface area (Å²) in [5, 5.41) is 31.6. The molecule has 0 spiro atoms. The van der Waals surface area contributed by atoms with Gasteiger partial charge in [-0.15, -0.1) is 19.3 Å². The van der Waals surface area contributed by atoms with Crippen LogP contribution in [0.5, 0.6) is 5.75 Å². The molecule has 11 aliphatic rings. The molecule has 8 saturated carbocycles. The molecule has 8 fully saturated rings. The van der Waals surface area contributed by atoms with Crippen molar-refractivity contribution in [1.82, 2.24) is 0 Å². The summed E-state index contributed by atoms with van der Waals surface area (Å²) in [5.74, 6) is 15.4. The molecule has 0 amide bonds. The first-order chi connectivity index (χ1) is 33.8. The number of carbonyl (C=O) groups is 2. The number of benzene rings is 1. The Labute approximate surface area is 427 Å². The van der Waals surface area contributed by atoms with Gasteiger partial charge in [-0.1, -0.05) is 80.9 Å². The van der Waals surface area contributed by atoms with E-state index in [1.54, 1.807) is 5.57 Å². The number of hydrogen-bond acceptors (Lipinski definition) is 6. The van der Waals surface area contributed by atoms with Gasteiger partial charge in [-0.2, -0.15) is 0 Å². The van der Waals surface area contributed by atoms with Crippen molar-refractivity contribution in [2.75, 3.05) is 0 Å². The largest absolute Gasteiger partial charge is 0.508 e. The Morgan fingerprint density at radius 1 is 0.676 bits per heavy atom. The molecule has 11 aliphatic carbocycles. The fourth-order valence-corrected chi connectivity index (χ4v) is 20.1. The SMILES string of the molecule is C#CC1(O)CCC2C3CCC4=CC(=O)CCC4(C)C3CCC21C.C#CC1(O)CCC2C3CCc4cc(O)ccc4C3CCC21C.C#CC1(OC(C)=O)CCC2C3CCC4=CC(=C)CCC4C3CCC21CC. The van der Waals surface area contributed by atoms with E-state index in [9.17, 15) is 24.9 Å². The minimum Gasteiger partial charge on any atom is -0.508 e. The van der Waals surface area contributed by atoms with Crippen LogP contribution in [0.2, 0.25) is 0 Å². The number of aryl methyl sites for hydroxylation is 1. The van der Waals surface area contributed by atoms with E-state index in [4.69, 9.17) is 24.0 Å². The second-order valence-corrected chi connectivity index (χ2v) is 25.9. The van der Waals surface area contributed by atoms with Crippen LogP contribution >= 0.6 is 0 Å². The molecular weight excluding hydrogens is 877 g/mol. The van der Waals surface area contributed by atoms with E-state index in [1.807, 2.05) is 18.2 Å². The minimum atomic E-state index is -0.919. The first kappa shape index (κ1) is 50.5. The third-order valence-electron chi connectivity index (χ3n) is 23.9. The lowest BCUT2D eigenvalue weighted by atomic mass is 9.46. The van der Waals surface area contributed by atoms with E-state index in [1.165, 1.54) is 61.3 Å². The maximum Gasteiger partial charge on any atom is 0.304 e. The molecule has 0 heterocycles. The van der Waals surface area contributed by atoms with Gasteiger partial charge < -0.3 is 20.1 Å². The maximum absolute atomic E-state index is 11.9. The highest BCUT2D eigenvalue weighted by Crippen LogP contribution is 2.70. The Hall–Kier alpha value is -4.02. The normalized spacial score (nSPS) is 46.3. The van der Waals surface area contributed by atoms with Crippen molar-refractivity contribution >= 4 is 11.8 Å². The van der Waals surface area contributed by atoms with Crippen LogP contribution in [-0.4, -0.2) is 43.9 Å².